The number of fused-ring (bicyclic) bond motifs is 8. The van der Waals surface area contributed by atoms with E-state index in [1.807, 2.05) is 11.6 Å². The van der Waals surface area contributed by atoms with E-state index < -0.39 is 17.5 Å². The number of aliphatic hydroxyl groups excluding tert-OH is 1. The van der Waals surface area contributed by atoms with Gasteiger partial charge in [0.05, 0.1) is 17.5 Å². The molecule has 1 aromatic heterocycles. The lowest BCUT2D eigenvalue weighted by atomic mass is 9.43. The van der Waals surface area contributed by atoms with Crippen LogP contribution < -0.4 is 0 Å². The quantitative estimate of drug-likeness (QED) is 0.506. The zero-order valence-corrected chi connectivity index (χ0v) is 24.6. The molecule has 2 aromatic rings. The molecule has 2 aliphatic heterocycles. The van der Waals surface area contributed by atoms with Crippen molar-refractivity contribution in [3.8, 4) is 5.69 Å². The molecule has 0 radical (unpaired) electrons. The summed E-state index contributed by atoms with van der Waals surface area (Å²) >= 11 is 0. The van der Waals surface area contributed by atoms with Crippen molar-refractivity contribution in [3.05, 3.63) is 58.9 Å². The van der Waals surface area contributed by atoms with E-state index in [0.29, 0.717) is 30.8 Å². The highest BCUT2D eigenvalue weighted by Crippen LogP contribution is 2.72. The van der Waals surface area contributed by atoms with Gasteiger partial charge in [-0.05, 0) is 97.5 Å². The molecule has 6 aliphatic rings. The molecule has 218 valence electrons. The summed E-state index contributed by atoms with van der Waals surface area (Å²) in [5, 5.41) is 17.2. The van der Waals surface area contributed by atoms with Crippen LogP contribution in [0.2, 0.25) is 0 Å². The van der Waals surface area contributed by atoms with E-state index in [4.69, 9.17) is 24.0 Å². The predicted molar refractivity (Wildman–Crippen MR) is 155 cm³/mol. The van der Waals surface area contributed by atoms with Crippen molar-refractivity contribution in [3.63, 3.8) is 0 Å². The van der Waals surface area contributed by atoms with Crippen molar-refractivity contribution in [1.82, 2.24) is 9.78 Å². The Bertz CT molecular complexity index is 1420. The number of aromatic nitrogens is 2. The van der Waals surface area contributed by atoms with E-state index in [9.17, 15) is 5.11 Å². The maximum atomic E-state index is 12.2. The Labute approximate surface area is 242 Å². The molecule has 1 unspecified atom stereocenters. The van der Waals surface area contributed by atoms with Crippen LogP contribution in [0.25, 0.3) is 17.8 Å². The molecule has 2 saturated heterocycles. The number of ether oxygens (including phenoxy) is 4. The number of rotatable bonds is 2. The fourth-order valence-electron chi connectivity index (χ4n) is 10.7. The topological polar surface area (TPSA) is 75.0 Å². The lowest BCUT2D eigenvalue weighted by molar-refractivity contribution is -0.258. The highest BCUT2D eigenvalue weighted by molar-refractivity contribution is 5.61. The molecule has 0 amide bonds. The Balaban J connectivity index is 1.14. The molecule has 1 N–H and O–H groups in total. The molecule has 41 heavy (non-hydrogen) atoms. The Morgan fingerprint density at radius 1 is 1.10 bits per heavy atom. The Hall–Kier alpha value is -2.29. The number of hydrogen-bond donors (Lipinski definition) is 1. The molecule has 3 saturated carbocycles. The smallest absolute Gasteiger partial charge is 0.226 e. The zero-order valence-electron chi connectivity index (χ0n) is 24.6. The third-order valence-electron chi connectivity index (χ3n) is 12.2. The normalized spacial score (nSPS) is 44.7. The summed E-state index contributed by atoms with van der Waals surface area (Å²) in [6.45, 7) is 10.0. The van der Waals surface area contributed by atoms with Gasteiger partial charge >= 0.3 is 0 Å². The van der Waals surface area contributed by atoms with Crippen LogP contribution in [0, 0.1) is 34.5 Å². The van der Waals surface area contributed by atoms with Gasteiger partial charge in [-0.25, -0.2) is 4.68 Å². The van der Waals surface area contributed by atoms with Gasteiger partial charge in [0.15, 0.2) is 13.6 Å². The summed E-state index contributed by atoms with van der Waals surface area (Å²) in [4.78, 5) is 0. The van der Waals surface area contributed by atoms with Gasteiger partial charge in [0.25, 0.3) is 0 Å². The van der Waals surface area contributed by atoms with Crippen LogP contribution in [0.3, 0.4) is 0 Å². The van der Waals surface area contributed by atoms with Crippen molar-refractivity contribution in [1.29, 1.82) is 0 Å². The minimum atomic E-state index is -0.863. The molecule has 7 heteroatoms. The second-order valence-corrected chi connectivity index (χ2v) is 14.0. The minimum absolute atomic E-state index is 0.118. The van der Waals surface area contributed by atoms with E-state index in [1.165, 1.54) is 16.7 Å². The Morgan fingerprint density at radius 2 is 1.90 bits per heavy atom. The summed E-state index contributed by atoms with van der Waals surface area (Å²) < 4.78 is 26.6. The molecule has 8 rings (SSSR count). The molecule has 0 bridgehead atoms. The van der Waals surface area contributed by atoms with Crippen molar-refractivity contribution >= 4 is 12.2 Å². The van der Waals surface area contributed by atoms with E-state index in [2.05, 4.69) is 69.5 Å². The van der Waals surface area contributed by atoms with Gasteiger partial charge in [0.1, 0.15) is 12.2 Å². The van der Waals surface area contributed by atoms with Crippen molar-refractivity contribution in [2.75, 3.05) is 20.2 Å². The summed E-state index contributed by atoms with van der Waals surface area (Å²) in [7, 11) is 0. The van der Waals surface area contributed by atoms with Crippen LogP contribution in [0.5, 0.6) is 0 Å². The Morgan fingerprint density at radius 3 is 2.66 bits per heavy atom. The molecule has 2 spiro atoms. The van der Waals surface area contributed by atoms with Gasteiger partial charge in [-0.3, -0.25) is 0 Å². The number of benzene rings is 1. The standard InChI is InChI=1S/C34H42N2O5/c1-5-6-22-7-9-24(10-8-22)36-17-23-15-31(3)27(14-28(23)35-36)21(2)13-25-26-11-12-33(32(26,4)16-29(37)30(25)31)34(41-20-39-33)18-38-19-40-34/h5-10,14,17,21,25-26,29-30,37H,11-13,15-16,18-20H2,1-4H3/b6-5+/t21-,25-,26-,29-,30+,31-,32-,33+,34?/m0/s1. The lowest BCUT2D eigenvalue weighted by Crippen LogP contribution is -2.66. The molecule has 1 aromatic carbocycles. The molecular formula is C34H42N2O5. The molecule has 7 nitrogen and oxygen atoms in total. The van der Waals surface area contributed by atoms with Crippen LogP contribution in [0.15, 0.2) is 42.1 Å². The van der Waals surface area contributed by atoms with E-state index in [-0.39, 0.29) is 30.3 Å². The van der Waals surface area contributed by atoms with E-state index in [0.717, 1.165) is 37.1 Å². The van der Waals surface area contributed by atoms with Crippen molar-refractivity contribution in [2.45, 2.75) is 77.3 Å². The van der Waals surface area contributed by atoms with Gasteiger partial charge in [0, 0.05) is 11.6 Å². The fourth-order valence-corrected chi connectivity index (χ4v) is 10.7. The summed E-state index contributed by atoms with van der Waals surface area (Å²) in [6.07, 6.45) is 12.9. The maximum Gasteiger partial charge on any atom is 0.226 e. The van der Waals surface area contributed by atoms with Crippen LogP contribution in [0.1, 0.15) is 70.2 Å². The highest BCUT2D eigenvalue weighted by atomic mass is 16.9. The summed E-state index contributed by atoms with van der Waals surface area (Å²) in [5.41, 5.74) is 5.11. The third-order valence-corrected chi connectivity index (χ3v) is 12.2. The van der Waals surface area contributed by atoms with Crippen LogP contribution in [-0.2, 0) is 25.4 Å². The van der Waals surface area contributed by atoms with Crippen LogP contribution >= 0.6 is 0 Å². The summed E-state index contributed by atoms with van der Waals surface area (Å²) in [5.74, 6) is 0.580. The van der Waals surface area contributed by atoms with Crippen LogP contribution in [-0.4, -0.2) is 52.6 Å². The second kappa shape index (κ2) is 8.87. The van der Waals surface area contributed by atoms with Crippen LogP contribution in [0.4, 0.5) is 0 Å². The first-order valence-corrected chi connectivity index (χ1v) is 15.5. The largest absolute Gasteiger partial charge is 0.393 e. The van der Waals surface area contributed by atoms with E-state index in [1.54, 1.807) is 0 Å². The fraction of sp³-hybridized carbons (Fsp3) is 0.618. The van der Waals surface area contributed by atoms with Gasteiger partial charge < -0.3 is 24.1 Å². The molecule has 9 atom stereocenters. The average Bonchev–Trinajstić information content (AvgIpc) is 3.72. The first-order chi connectivity index (χ1) is 19.7. The maximum absolute atomic E-state index is 12.2. The molecule has 4 aliphatic carbocycles. The number of nitrogens with zero attached hydrogens (tertiary/aromatic N) is 2. The van der Waals surface area contributed by atoms with Crippen molar-refractivity contribution < 1.29 is 24.1 Å². The monoisotopic (exact) mass is 558 g/mol. The number of allylic oxidation sites excluding steroid dienone is 2. The molecular weight excluding hydrogens is 516 g/mol. The van der Waals surface area contributed by atoms with Gasteiger partial charge in [-0.1, -0.05) is 50.6 Å². The number of hydrogen-bond acceptors (Lipinski definition) is 6. The SMILES string of the molecule is C/C=C/c1ccc(-n2cc3c(n2)C=C2[C@@H](C)C[C@@H]4[C@H]([C@@H](O)C[C@@]5(C)[C@H]4CC[C@@]54OCOC45COCO5)[C@@]2(C)C3)cc1. The first-order valence-electron chi connectivity index (χ1n) is 15.5. The average molecular weight is 559 g/mol. The first kappa shape index (κ1) is 26.3. The van der Waals surface area contributed by atoms with Gasteiger partial charge in [0.2, 0.25) is 5.79 Å². The predicted octanol–water partition coefficient (Wildman–Crippen LogP) is 5.75. The van der Waals surface area contributed by atoms with Gasteiger partial charge in [-0.2, -0.15) is 5.10 Å². The number of aliphatic hydroxyl groups is 1. The zero-order chi connectivity index (χ0) is 28.2. The molecule has 5 fully saturated rings. The third kappa shape index (κ3) is 3.36. The minimum Gasteiger partial charge on any atom is -0.393 e. The Kier molecular flexibility index (Phi) is 5.70. The van der Waals surface area contributed by atoms with E-state index >= 15 is 0 Å². The lowest BCUT2D eigenvalue weighted by Gasteiger charge is -2.62. The van der Waals surface area contributed by atoms with Gasteiger partial charge in [-0.15, -0.1) is 0 Å². The highest BCUT2D eigenvalue weighted by Gasteiger charge is 2.77. The summed E-state index contributed by atoms with van der Waals surface area (Å²) in [6, 6.07) is 8.54. The molecule has 3 heterocycles. The van der Waals surface area contributed by atoms with Crippen molar-refractivity contribution in [2.24, 2.45) is 34.5 Å². The second-order valence-electron chi connectivity index (χ2n) is 14.0.